The Labute approximate surface area is 200 Å². The van der Waals surface area contributed by atoms with Gasteiger partial charge in [0, 0.05) is 49.2 Å². The second kappa shape index (κ2) is 5.69. The average Bonchev–Trinajstić information content (AvgIpc) is 2.81. The van der Waals surface area contributed by atoms with E-state index in [9.17, 15) is 30.0 Å². The first kappa shape index (κ1) is 19.5. The Hall–Kier alpha value is -4.84. The number of hydrogen-bond donors (Lipinski definition) is 4. The number of benzene rings is 8. The van der Waals surface area contributed by atoms with E-state index in [1.807, 2.05) is 13.8 Å². The van der Waals surface area contributed by atoms with E-state index in [-0.39, 0.29) is 50.0 Å². The van der Waals surface area contributed by atoms with E-state index in [2.05, 4.69) is 0 Å². The van der Waals surface area contributed by atoms with E-state index in [1.54, 1.807) is 18.2 Å². The first-order valence-electron chi connectivity index (χ1n) is 11.5. The maximum atomic E-state index is 13.3. The predicted molar refractivity (Wildman–Crippen MR) is 142 cm³/mol. The molecule has 0 fully saturated rings. The Morgan fingerprint density at radius 2 is 0.944 bits per heavy atom. The summed E-state index contributed by atoms with van der Waals surface area (Å²) in [5, 5.41) is 51.4. The van der Waals surface area contributed by atoms with Crippen LogP contribution >= 0.6 is 0 Å². The lowest BCUT2D eigenvalue weighted by Gasteiger charge is -2.25. The molecule has 4 N–H and O–H groups in total. The van der Waals surface area contributed by atoms with Gasteiger partial charge in [0.05, 0.1) is 16.2 Å². The van der Waals surface area contributed by atoms with Crippen LogP contribution in [0.5, 0.6) is 23.0 Å². The van der Waals surface area contributed by atoms with Crippen molar-refractivity contribution >= 4 is 75.4 Å². The fraction of sp³-hybridized carbons (Fsp3) is 0.0667. The van der Waals surface area contributed by atoms with E-state index < -0.39 is 0 Å². The van der Waals surface area contributed by atoms with Gasteiger partial charge in [-0.3, -0.25) is 9.59 Å². The Balaban J connectivity index is 2.03. The second-order valence-corrected chi connectivity index (χ2v) is 9.85. The molecule has 8 rings (SSSR count). The summed E-state index contributed by atoms with van der Waals surface area (Å²) in [5.41, 5.74) is 0.658. The molecule has 8 aromatic rings. The minimum atomic E-state index is -0.386. The van der Waals surface area contributed by atoms with Crippen LogP contribution in [0.3, 0.4) is 0 Å². The molecule has 6 nitrogen and oxygen atoms in total. The summed E-state index contributed by atoms with van der Waals surface area (Å²) in [4.78, 5) is 26.6. The van der Waals surface area contributed by atoms with Gasteiger partial charge in [0.2, 0.25) is 0 Å². The van der Waals surface area contributed by atoms with E-state index in [0.717, 1.165) is 11.5 Å². The van der Waals surface area contributed by atoms with Crippen molar-refractivity contribution in [2.45, 2.75) is 13.8 Å². The lowest BCUT2D eigenvalue weighted by Crippen LogP contribution is -2.08. The van der Waals surface area contributed by atoms with Gasteiger partial charge in [0.1, 0.15) is 23.0 Å². The summed E-state index contributed by atoms with van der Waals surface area (Å²) in [7, 11) is 0. The highest BCUT2D eigenvalue weighted by Gasteiger charge is 2.31. The molecule has 0 aromatic heterocycles. The van der Waals surface area contributed by atoms with E-state index >= 15 is 0 Å². The molecular formula is C30H16O6. The van der Waals surface area contributed by atoms with Gasteiger partial charge >= 0.3 is 0 Å². The van der Waals surface area contributed by atoms with Crippen LogP contribution in [0.1, 0.15) is 11.1 Å². The highest BCUT2D eigenvalue weighted by molar-refractivity contribution is 6.51. The highest BCUT2D eigenvalue weighted by atomic mass is 16.3. The third kappa shape index (κ3) is 1.81. The first-order chi connectivity index (χ1) is 17.2. The molecule has 0 spiro atoms. The normalized spacial score (nSPS) is 12.8. The third-order valence-electron chi connectivity index (χ3n) is 8.06. The summed E-state index contributed by atoms with van der Waals surface area (Å²) >= 11 is 0. The zero-order chi connectivity index (χ0) is 24.9. The monoisotopic (exact) mass is 472 g/mol. The molecule has 0 bridgehead atoms. The Morgan fingerprint density at radius 1 is 0.472 bits per heavy atom. The molecule has 0 saturated heterocycles. The average molecular weight is 472 g/mol. The van der Waals surface area contributed by atoms with Crippen LogP contribution < -0.4 is 10.9 Å². The Kier molecular flexibility index (Phi) is 3.07. The molecule has 0 aliphatic heterocycles. The number of aromatic hydroxyl groups is 4. The van der Waals surface area contributed by atoms with Crippen molar-refractivity contribution < 1.29 is 20.4 Å². The number of rotatable bonds is 0. The van der Waals surface area contributed by atoms with Crippen LogP contribution in [0, 0.1) is 13.8 Å². The van der Waals surface area contributed by atoms with Crippen molar-refractivity contribution in [2.75, 3.05) is 0 Å². The lowest BCUT2D eigenvalue weighted by atomic mass is 9.78. The molecule has 0 atom stereocenters. The predicted octanol–water partition coefficient (Wildman–Crippen LogP) is 5.67. The van der Waals surface area contributed by atoms with Crippen molar-refractivity contribution in [3.8, 4) is 23.0 Å². The maximum absolute atomic E-state index is 13.3. The summed E-state index contributed by atoms with van der Waals surface area (Å²) in [6.07, 6.45) is 0. The molecule has 0 aliphatic rings. The Bertz CT molecular complexity index is 2400. The van der Waals surface area contributed by atoms with Crippen molar-refractivity contribution in [1.29, 1.82) is 0 Å². The summed E-state index contributed by atoms with van der Waals surface area (Å²) in [6, 6.07) is 9.37. The molecule has 6 heteroatoms. The molecule has 0 amide bonds. The summed E-state index contributed by atoms with van der Waals surface area (Å²) in [5.74, 6) is -1.02. The summed E-state index contributed by atoms with van der Waals surface area (Å²) < 4.78 is 0. The van der Waals surface area contributed by atoms with Gasteiger partial charge in [-0.15, -0.1) is 0 Å². The van der Waals surface area contributed by atoms with Gasteiger partial charge in [0.15, 0.2) is 10.9 Å². The molecule has 0 unspecified atom stereocenters. The topological polar surface area (TPSA) is 115 Å². The third-order valence-corrected chi connectivity index (χ3v) is 8.06. The molecule has 172 valence electrons. The van der Waals surface area contributed by atoms with E-state index in [0.29, 0.717) is 65.0 Å². The van der Waals surface area contributed by atoms with Crippen molar-refractivity contribution in [1.82, 2.24) is 0 Å². The zero-order valence-corrected chi connectivity index (χ0v) is 19.1. The zero-order valence-electron chi connectivity index (χ0n) is 19.1. The standard InChI is InChI=1S/C30H16O6/c1-9-6-13(31)21-24-17(9)18-10(2)7-14(32)22-25(18)28-26(24)19-11(4-3-5-12(19)29(21)35)20-15(33)8-16(34)23(27(20)28)30(22)36/h3-8,33-36H,1-2H3. The Morgan fingerprint density at radius 3 is 1.58 bits per heavy atom. The number of aryl methyl sites for hydroxylation is 2. The van der Waals surface area contributed by atoms with Crippen LogP contribution in [0.25, 0.3) is 75.4 Å². The lowest BCUT2D eigenvalue weighted by molar-refractivity contribution is 0.453. The molecule has 0 saturated carbocycles. The fourth-order valence-electron chi connectivity index (χ4n) is 6.84. The summed E-state index contributed by atoms with van der Waals surface area (Å²) in [6.45, 7) is 3.63. The first-order valence-corrected chi connectivity index (χ1v) is 11.5. The number of fused-ring (bicyclic) bond motifs is 2. The van der Waals surface area contributed by atoms with Gasteiger partial charge < -0.3 is 20.4 Å². The van der Waals surface area contributed by atoms with Crippen molar-refractivity contribution in [3.63, 3.8) is 0 Å². The van der Waals surface area contributed by atoms with Crippen LogP contribution in [-0.2, 0) is 0 Å². The van der Waals surface area contributed by atoms with Gasteiger partial charge in [-0.05, 0) is 53.3 Å². The largest absolute Gasteiger partial charge is 0.507 e. The molecule has 8 aromatic carbocycles. The quantitative estimate of drug-likeness (QED) is 0.167. The molecule has 0 heterocycles. The van der Waals surface area contributed by atoms with Crippen molar-refractivity contribution in [2.24, 2.45) is 0 Å². The molecular weight excluding hydrogens is 456 g/mol. The van der Waals surface area contributed by atoms with Gasteiger partial charge in [0.25, 0.3) is 0 Å². The van der Waals surface area contributed by atoms with Crippen LogP contribution in [0.4, 0.5) is 0 Å². The van der Waals surface area contributed by atoms with Crippen LogP contribution in [0.15, 0.2) is 46.0 Å². The fourth-order valence-corrected chi connectivity index (χ4v) is 6.84. The minimum absolute atomic E-state index is 0.0690. The molecule has 36 heavy (non-hydrogen) atoms. The number of phenolic OH excluding ortho intramolecular Hbond substituents is 4. The smallest absolute Gasteiger partial charge is 0.190 e. The van der Waals surface area contributed by atoms with E-state index in [4.69, 9.17) is 0 Å². The van der Waals surface area contributed by atoms with Gasteiger partial charge in [-0.2, -0.15) is 0 Å². The minimum Gasteiger partial charge on any atom is -0.507 e. The molecule has 0 aliphatic carbocycles. The SMILES string of the molecule is Cc1cc(=O)c2c(O)c3cccc4c5c(O)cc(O)c6c(O)c7c(=O)cc(C)c8c1c2c(c34)c(c65)c78. The molecule has 0 radical (unpaired) electrons. The second-order valence-electron chi connectivity index (χ2n) is 9.85. The van der Waals surface area contributed by atoms with E-state index in [1.165, 1.54) is 12.1 Å². The number of phenols is 4. The number of hydrogen-bond acceptors (Lipinski definition) is 6. The van der Waals surface area contributed by atoms with Crippen LogP contribution in [-0.4, -0.2) is 20.4 Å². The van der Waals surface area contributed by atoms with Gasteiger partial charge in [-0.1, -0.05) is 18.2 Å². The van der Waals surface area contributed by atoms with Crippen LogP contribution in [0.2, 0.25) is 0 Å². The highest BCUT2D eigenvalue weighted by Crippen LogP contribution is 2.57. The van der Waals surface area contributed by atoms with Gasteiger partial charge in [-0.25, -0.2) is 0 Å². The van der Waals surface area contributed by atoms with Crippen molar-refractivity contribution in [3.05, 3.63) is 68.0 Å². The maximum Gasteiger partial charge on any atom is 0.190 e.